The van der Waals surface area contributed by atoms with Crippen LogP contribution < -0.4 is 0 Å². The number of carbonyl (C=O) groups excluding carboxylic acids is 1. The van der Waals surface area contributed by atoms with Gasteiger partial charge in [0.15, 0.2) is 0 Å². The number of hydrogen-bond acceptors (Lipinski definition) is 4. The van der Waals surface area contributed by atoms with Gasteiger partial charge >= 0.3 is 0 Å². The lowest BCUT2D eigenvalue weighted by atomic mass is 9.97. The molecule has 0 radical (unpaired) electrons. The van der Waals surface area contributed by atoms with Crippen molar-refractivity contribution in [3.8, 4) is 0 Å². The largest absolute Gasteiger partial charge is 0.275 e. The van der Waals surface area contributed by atoms with Gasteiger partial charge in [0.05, 0.1) is 12.0 Å². The fourth-order valence-electron chi connectivity index (χ4n) is 2.45. The van der Waals surface area contributed by atoms with Gasteiger partial charge in [-0.15, -0.1) is 0 Å². The molecule has 1 aliphatic rings. The molecule has 1 heterocycles. The van der Waals surface area contributed by atoms with Gasteiger partial charge in [0, 0.05) is 26.1 Å². The molecular formula is C14H19FN2O4S. The number of carbonyl (C=O) groups is 1. The molecule has 0 atom stereocenters. The molecule has 122 valence electrons. The number of piperidine rings is 1. The fraction of sp³-hybridized carbons (Fsp3) is 0.500. The molecule has 1 aliphatic heterocycles. The average Bonchev–Trinajstić information content (AvgIpc) is 2.54. The summed E-state index contributed by atoms with van der Waals surface area (Å²) in [5.74, 6) is -0.878. The van der Waals surface area contributed by atoms with Crippen molar-refractivity contribution in [2.45, 2.75) is 17.7 Å². The summed E-state index contributed by atoms with van der Waals surface area (Å²) in [7, 11) is -0.703. The zero-order chi connectivity index (χ0) is 16.3. The number of rotatable bonds is 4. The van der Waals surface area contributed by atoms with Gasteiger partial charge in [-0.25, -0.2) is 17.9 Å². The van der Waals surface area contributed by atoms with Crippen LogP contribution in [0.1, 0.15) is 12.8 Å². The van der Waals surface area contributed by atoms with Crippen LogP contribution in [0.15, 0.2) is 29.2 Å². The van der Waals surface area contributed by atoms with Crippen molar-refractivity contribution in [1.29, 1.82) is 0 Å². The van der Waals surface area contributed by atoms with Gasteiger partial charge in [0.25, 0.3) is 0 Å². The van der Waals surface area contributed by atoms with Crippen LogP contribution in [0.4, 0.5) is 4.39 Å². The van der Waals surface area contributed by atoms with E-state index in [9.17, 15) is 17.6 Å². The minimum Gasteiger partial charge on any atom is -0.275 e. The Labute approximate surface area is 129 Å². The van der Waals surface area contributed by atoms with Gasteiger partial charge in [-0.3, -0.25) is 9.63 Å². The normalized spacial score (nSPS) is 17.4. The van der Waals surface area contributed by atoms with Crippen LogP contribution in [-0.4, -0.2) is 50.9 Å². The molecule has 8 heteroatoms. The molecule has 1 amide bonds. The Kier molecular flexibility index (Phi) is 5.15. The molecule has 0 bridgehead atoms. The third-order valence-electron chi connectivity index (χ3n) is 3.84. The molecular weight excluding hydrogens is 311 g/mol. The highest BCUT2D eigenvalue weighted by Crippen LogP contribution is 2.25. The first-order valence-electron chi connectivity index (χ1n) is 6.93. The van der Waals surface area contributed by atoms with E-state index in [-0.39, 0.29) is 29.8 Å². The zero-order valence-electron chi connectivity index (χ0n) is 12.5. The third-order valence-corrected chi connectivity index (χ3v) is 5.75. The Morgan fingerprint density at radius 1 is 1.27 bits per heavy atom. The van der Waals surface area contributed by atoms with Crippen molar-refractivity contribution in [2.24, 2.45) is 5.92 Å². The van der Waals surface area contributed by atoms with Crippen LogP contribution in [-0.2, 0) is 19.7 Å². The standard InChI is InChI=1S/C14H19FN2O4S/c1-16(21-2)14(18)11-7-9-17(10-8-11)22(19,20)13-5-3-12(15)4-6-13/h3-6,11H,7-10H2,1-2H3. The number of nitrogens with zero attached hydrogens (tertiary/aromatic N) is 2. The molecule has 1 fully saturated rings. The van der Waals surface area contributed by atoms with Crippen molar-refractivity contribution in [1.82, 2.24) is 9.37 Å². The maximum Gasteiger partial charge on any atom is 0.249 e. The van der Waals surface area contributed by atoms with Crippen molar-refractivity contribution < 1.29 is 22.4 Å². The van der Waals surface area contributed by atoms with Crippen LogP contribution in [0, 0.1) is 11.7 Å². The van der Waals surface area contributed by atoms with Crippen LogP contribution in [0.2, 0.25) is 0 Å². The average molecular weight is 330 g/mol. The molecule has 1 saturated heterocycles. The van der Waals surface area contributed by atoms with Crippen LogP contribution >= 0.6 is 0 Å². The number of amides is 1. The number of sulfonamides is 1. The lowest BCUT2D eigenvalue weighted by Gasteiger charge is -2.31. The van der Waals surface area contributed by atoms with Crippen molar-refractivity contribution >= 4 is 15.9 Å². The highest BCUT2D eigenvalue weighted by atomic mass is 32.2. The van der Waals surface area contributed by atoms with Gasteiger partial charge in [0.1, 0.15) is 5.82 Å². The van der Waals surface area contributed by atoms with Crippen molar-refractivity contribution in [3.63, 3.8) is 0 Å². The molecule has 2 rings (SSSR count). The Hall–Kier alpha value is -1.51. The second-order valence-corrected chi connectivity index (χ2v) is 7.09. The lowest BCUT2D eigenvalue weighted by Crippen LogP contribution is -2.43. The van der Waals surface area contributed by atoms with E-state index in [0.29, 0.717) is 12.8 Å². The molecule has 0 spiro atoms. The lowest BCUT2D eigenvalue weighted by molar-refractivity contribution is -0.174. The first-order valence-corrected chi connectivity index (χ1v) is 8.37. The molecule has 1 aromatic carbocycles. The molecule has 0 N–H and O–H groups in total. The predicted octanol–water partition coefficient (Wildman–Crippen LogP) is 1.25. The SMILES string of the molecule is CON(C)C(=O)C1CCN(S(=O)(=O)c2ccc(F)cc2)CC1. The van der Waals surface area contributed by atoms with Crippen LogP contribution in [0.5, 0.6) is 0 Å². The Balaban J connectivity index is 2.05. The monoisotopic (exact) mass is 330 g/mol. The van der Waals surface area contributed by atoms with Gasteiger partial charge in [0.2, 0.25) is 15.9 Å². The second-order valence-electron chi connectivity index (χ2n) is 5.15. The quantitative estimate of drug-likeness (QED) is 0.779. The number of halogens is 1. The van der Waals surface area contributed by atoms with Gasteiger partial charge in [-0.05, 0) is 37.1 Å². The maximum absolute atomic E-state index is 12.9. The number of hydrogen-bond donors (Lipinski definition) is 0. The molecule has 0 unspecified atom stereocenters. The van der Waals surface area contributed by atoms with E-state index in [4.69, 9.17) is 4.84 Å². The smallest absolute Gasteiger partial charge is 0.249 e. The van der Waals surface area contributed by atoms with E-state index in [1.807, 2.05) is 0 Å². The topological polar surface area (TPSA) is 66.9 Å². The van der Waals surface area contributed by atoms with Gasteiger partial charge < -0.3 is 0 Å². The summed E-state index contributed by atoms with van der Waals surface area (Å²) in [6, 6.07) is 4.74. The Morgan fingerprint density at radius 3 is 2.32 bits per heavy atom. The molecule has 0 saturated carbocycles. The summed E-state index contributed by atoms with van der Waals surface area (Å²) in [6.07, 6.45) is 0.875. The molecule has 0 aromatic heterocycles. The summed E-state index contributed by atoms with van der Waals surface area (Å²) in [6.45, 7) is 0.515. The Morgan fingerprint density at radius 2 is 1.82 bits per heavy atom. The maximum atomic E-state index is 12.9. The van der Waals surface area contributed by atoms with Crippen molar-refractivity contribution in [2.75, 3.05) is 27.2 Å². The summed E-state index contributed by atoms with van der Waals surface area (Å²) >= 11 is 0. The predicted molar refractivity (Wildman–Crippen MR) is 77.7 cm³/mol. The van der Waals surface area contributed by atoms with Crippen LogP contribution in [0.3, 0.4) is 0 Å². The molecule has 0 aliphatic carbocycles. The highest BCUT2D eigenvalue weighted by Gasteiger charge is 2.33. The number of benzene rings is 1. The van der Waals surface area contributed by atoms with E-state index in [1.165, 1.54) is 30.6 Å². The first-order chi connectivity index (χ1) is 10.4. The van der Waals surface area contributed by atoms with Crippen molar-refractivity contribution in [3.05, 3.63) is 30.1 Å². The van der Waals surface area contributed by atoms with Gasteiger partial charge in [-0.2, -0.15) is 4.31 Å². The summed E-state index contributed by atoms with van der Waals surface area (Å²) < 4.78 is 39.1. The van der Waals surface area contributed by atoms with Crippen LogP contribution in [0.25, 0.3) is 0 Å². The zero-order valence-corrected chi connectivity index (χ0v) is 13.3. The highest BCUT2D eigenvalue weighted by molar-refractivity contribution is 7.89. The van der Waals surface area contributed by atoms with E-state index in [0.717, 1.165) is 17.2 Å². The summed E-state index contributed by atoms with van der Waals surface area (Å²) in [5.41, 5.74) is 0. The van der Waals surface area contributed by atoms with E-state index in [1.54, 1.807) is 0 Å². The fourth-order valence-corrected chi connectivity index (χ4v) is 3.92. The van der Waals surface area contributed by atoms with E-state index < -0.39 is 15.8 Å². The Bertz CT molecular complexity index is 625. The second kappa shape index (κ2) is 6.72. The van der Waals surface area contributed by atoms with E-state index >= 15 is 0 Å². The molecule has 6 nitrogen and oxygen atoms in total. The molecule has 1 aromatic rings. The molecule has 22 heavy (non-hydrogen) atoms. The van der Waals surface area contributed by atoms with E-state index in [2.05, 4.69) is 0 Å². The first kappa shape index (κ1) is 16.9. The third kappa shape index (κ3) is 3.45. The van der Waals surface area contributed by atoms with Gasteiger partial charge in [-0.1, -0.05) is 0 Å². The minimum atomic E-state index is -3.64. The summed E-state index contributed by atoms with van der Waals surface area (Å²) in [4.78, 5) is 16.9. The minimum absolute atomic E-state index is 0.0627. The summed E-state index contributed by atoms with van der Waals surface area (Å²) in [5, 5.41) is 1.16. The number of hydroxylamine groups is 2.